The van der Waals surface area contributed by atoms with E-state index < -0.39 is 5.97 Å². The van der Waals surface area contributed by atoms with Crippen molar-refractivity contribution in [3.8, 4) is 11.3 Å². The van der Waals surface area contributed by atoms with Gasteiger partial charge in [-0.05, 0) is 31.9 Å². The molecule has 3 aromatic rings. The van der Waals surface area contributed by atoms with E-state index in [1.807, 2.05) is 31.0 Å². The second kappa shape index (κ2) is 7.75. The van der Waals surface area contributed by atoms with E-state index >= 15 is 0 Å². The minimum atomic E-state index is -0.439. The Hall–Kier alpha value is -2.94. The van der Waals surface area contributed by atoms with Crippen molar-refractivity contribution in [2.45, 2.75) is 26.7 Å². The number of carbonyl (C=O) groups is 2. The van der Waals surface area contributed by atoms with Gasteiger partial charge in [-0.2, -0.15) is 5.10 Å². The number of nitrogens with zero attached hydrogens (tertiary/aromatic N) is 3. The number of hydrogen-bond acceptors (Lipinski definition) is 6. The Morgan fingerprint density at radius 3 is 2.81 bits per heavy atom. The molecule has 0 atom stereocenters. The van der Waals surface area contributed by atoms with Crippen LogP contribution in [0.1, 0.15) is 33.9 Å². The van der Waals surface area contributed by atoms with Crippen molar-refractivity contribution in [2.75, 3.05) is 12.4 Å². The Balaban J connectivity index is 1.61. The first-order valence-electron chi connectivity index (χ1n) is 8.40. The number of ether oxygens (including phenoxy) is 1. The van der Waals surface area contributed by atoms with Gasteiger partial charge in [-0.1, -0.05) is 0 Å². The fraction of sp³-hybridized carbons (Fsp3) is 0.333. The van der Waals surface area contributed by atoms with Crippen LogP contribution in [-0.4, -0.2) is 38.7 Å². The number of carbonyl (C=O) groups excluding carboxylic acids is 2. The van der Waals surface area contributed by atoms with Crippen molar-refractivity contribution >= 4 is 28.3 Å². The van der Waals surface area contributed by atoms with Gasteiger partial charge in [-0.25, -0.2) is 9.78 Å². The summed E-state index contributed by atoms with van der Waals surface area (Å²) >= 11 is 1.34. The zero-order chi connectivity index (χ0) is 19.6. The lowest BCUT2D eigenvalue weighted by molar-refractivity contribution is -0.116. The molecule has 0 unspecified atom stereocenters. The summed E-state index contributed by atoms with van der Waals surface area (Å²) in [7, 11) is 3.23. The van der Waals surface area contributed by atoms with Gasteiger partial charge in [0.25, 0.3) is 0 Å². The number of esters is 1. The summed E-state index contributed by atoms with van der Waals surface area (Å²) in [5.74, 6) is -0.533. The summed E-state index contributed by atoms with van der Waals surface area (Å²) < 4.78 is 6.50. The molecule has 0 aliphatic carbocycles. The lowest BCUT2D eigenvalue weighted by Crippen LogP contribution is -2.12. The van der Waals surface area contributed by atoms with Gasteiger partial charge in [0.1, 0.15) is 5.69 Å². The monoisotopic (exact) mass is 387 g/mol. The van der Waals surface area contributed by atoms with Crippen LogP contribution in [0.5, 0.6) is 0 Å². The van der Waals surface area contributed by atoms with Crippen LogP contribution in [0.25, 0.3) is 11.3 Å². The van der Waals surface area contributed by atoms with E-state index in [0.29, 0.717) is 29.4 Å². The van der Waals surface area contributed by atoms with Crippen molar-refractivity contribution in [2.24, 2.45) is 7.05 Å². The molecule has 0 aromatic carbocycles. The van der Waals surface area contributed by atoms with Crippen LogP contribution in [0.4, 0.5) is 5.13 Å². The van der Waals surface area contributed by atoms with Crippen LogP contribution < -0.4 is 5.32 Å². The summed E-state index contributed by atoms with van der Waals surface area (Å²) in [6.07, 6.45) is 2.68. The summed E-state index contributed by atoms with van der Waals surface area (Å²) in [6, 6.07) is 1.67. The fourth-order valence-electron chi connectivity index (χ4n) is 2.83. The van der Waals surface area contributed by atoms with Gasteiger partial charge in [-0.3, -0.25) is 9.48 Å². The van der Waals surface area contributed by atoms with E-state index in [1.54, 1.807) is 12.3 Å². The molecule has 8 nitrogen and oxygen atoms in total. The third-order valence-corrected chi connectivity index (χ3v) is 5.15. The standard InChI is InChI=1S/C18H21N5O3S/c1-10-13(11(2)23(3)22-10)5-6-16(24)21-18-20-15(9-27-18)12-7-14(19-8-12)17(25)26-4/h7-9,19H,5-6H2,1-4H3,(H,20,21,24). The quantitative estimate of drug-likeness (QED) is 0.633. The van der Waals surface area contributed by atoms with Crippen LogP contribution >= 0.6 is 11.3 Å². The normalized spacial score (nSPS) is 10.8. The maximum Gasteiger partial charge on any atom is 0.354 e. The zero-order valence-corrected chi connectivity index (χ0v) is 16.4. The highest BCUT2D eigenvalue weighted by Crippen LogP contribution is 2.26. The number of anilines is 1. The average Bonchev–Trinajstić information content (AvgIpc) is 3.34. The summed E-state index contributed by atoms with van der Waals surface area (Å²) in [6.45, 7) is 3.95. The largest absolute Gasteiger partial charge is 0.464 e. The third-order valence-electron chi connectivity index (χ3n) is 4.40. The van der Waals surface area contributed by atoms with Gasteiger partial charge < -0.3 is 15.0 Å². The highest BCUT2D eigenvalue weighted by molar-refractivity contribution is 7.14. The molecule has 1 amide bonds. The molecule has 27 heavy (non-hydrogen) atoms. The Labute approximate surface area is 160 Å². The van der Waals surface area contributed by atoms with Gasteiger partial charge in [0.05, 0.1) is 18.5 Å². The molecule has 0 saturated carbocycles. The predicted octanol–water partition coefficient (Wildman–Crippen LogP) is 2.85. The minimum Gasteiger partial charge on any atom is -0.464 e. The number of amides is 1. The number of methoxy groups -OCH3 is 1. The maximum atomic E-state index is 12.3. The molecule has 0 aliphatic rings. The lowest BCUT2D eigenvalue weighted by atomic mass is 10.1. The molecule has 142 valence electrons. The number of aryl methyl sites for hydroxylation is 2. The molecule has 9 heteroatoms. The highest BCUT2D eigenvalue weighted by atomic mass is 32.1. The SMILES string of the molecule is COC(=O)c1cc(-c2csc(NC(=O)CCc3c(C)nn(C)c3C)n2)c[nH]1. The fourth-order valence-corrected chi connectivity index (χ4v) is 3.57. The molecular weight excluding hydrogens is 366 g/mol. The van der Waals surface area contributed by atoms with Crippen molar-refractivity contribution in [3.05, 3.63) is 40.3 Å². The first-order chi connectivity index (χ1) is 12.9. The molecule has 0 saturated heterocycles. The third kappa shape index (κ3) is 4.08. The molecule has 0 aliphatic heterocycles. The molecule has 3 aromatic heterocycles. The first kappa shape index (κ1) is 18.8. The van der Waals surface area contributed by atoms with Crippen molar-refractivity contribution in [1.29, 1.82) is 0 Å². The maximum absolute atomic E-state index is 12.3. The van der Waals surface area contributed by atoms with Crippen molar-refractivity contribution < 1.29 is 14.3 Å². The van der Waals surface area contributed by atoms with Gasteiger partial charge in [0.15, 0.2) is 5.13 Å². The van der Waals surface area contributed by atoms with Crippen LogP contribution in [0.3, 0.4) is 0 Å². The lowest BCUT2D eigenvalue weighted by Gasteiger charge is -2.03. The smallest absolute Gasteiger partial charge is 0.354 e. The van der Waals surface area contributed by atoms with Crippen LogP contribution in [-0.2, 0) is 23.0 Å². The highest BCUT2D eigenvalue weighted by Gasteiger charge is 2.14. The van der Waals surface area contributed by atoms with Gasteiger partial charge >= 0.3 is 5.97 Å². The Morgan fingerprint density at radius 2 is 2.15 bits per heavy atom. The first-order valence-corrected chi connectivity index (χ1v) is 9.28. The van der Waals surface area contributed by atoms with E-state index in [-0.39, 0.29) is 5.91 Å². The predicted molar refractivity (Wildman–Crippen MR) is 103 cm³/mol. The summed E-state index contributed by atoms with van der Waals surface area (Å²) in [5.41, 5.74) is 4.93. The van der Waals surface area contributed by atoms with Crippen molar-refractivity contribution in [3.63, 3.8) is 0 Å². The number of hydrogen-bond donors (Lipinski definition) is 2. The van der Waals surface area contributed by atoms with Crippen LogP contribution in [0, 0.1) is 13.8 Å². The summed E-state index contributed by atoms with van der Waals surface area (Å²) in [5, 5.41) is 9.55. The summed E-state index contributed by atoms with van der Waals surface area (Å²) in [4.78, 5) is 31.0. The Kier molecular flexibility index (Phi) is 5.41. The molecule has 0 spiro atoms. The van der Waals surface area contributed by atoms with E-state index in [1.165, 1.54) is 18.4 Å². The van der Waals surface area contributed by atoms with Crippen molar-refractivity contribution in [1.82, 2.24) is 19.7 Å². The van der Waals surface area contributed by atoms with E-state index in [0.717, 1.165) is 22.5 Å². The number of H-pyrrole nitrogens is 1. The van der Waals surface area contributed by atoms with Gasteiger partial charge in [0, 0.05) is 36.3 Å². The number of aromatic nitrogens is 4. The van der Waals surface area contributed by atoms with E-state index in [2.05, 4.69) is 25.1 Å². The van der Waals surface area contributed by atoms with Gasteiger partial charge in [-0.15, -0.1) is 11.3 Å². The number of aromatic amines is 1. The second-order valence-corrected chi connectivity index (χ2v) is 7.01. The molecule has 3 heterocycles. The van der Waals surface area contributed by atoms with E-state index in [4.69, 9.17) is 0 Å². The Bertz CT molecular complexity index is 985. The van der Waals surface area contributed by atoms with Crippen LogP contribution in [0.15, 0.2) is 17.6 Å². The minimum absolute atomic E-state index is 0.0946. The Morgan fingerprint density at radius 1 is 1.37 bits per heavy atom. The number of thiazole rings is 1. The molecular formula is C18H21N5O3S. The molecule has 0 fully saturated rings. The molecule has 2 N–H and O–H groups in total. The molecule has 0 bridgehead atoms. The molecule has 0 radical (unpaired) electrons. The topological polar surface area (TPSA) is 102 Å². The van der Waals surface area contributed by atoms with E-state index in [9.17, 15) is 9.59 Å². The average molecular weight is 387 g/mol. The number of nitrogens with one attached hydrogen (secondary N) is 2. The molecule has 3 rings (SSSR count). The number of rotatable bonds is 6. The van der Waals surface area contributed by atoms with Crippen LogP contribution in [0.2, 0.25) is 0 Å². The second-order valence-electron chi connectivity index (χ2n) is 6.15. The zero-order valence-electron chi connectivity index (χ0n) is 15.6. The van der Waals surface area contributed by atoms with Gasteiger partial charge in [0.2, 0.25) is 5.91 Å².